The van der Waals surface area contributed by atoms with E-state index in [1.54, 1.807) is 16.8 Å². The molecule has 18 heavy (non-hydrogen) atoms. The second kappa shape index (κ2) is 4.26. The molecule has 0 atom stereocenters. The number of nitrogens with zero attached hydrogens (tertiary/aromatic N) is 2. The summed E-state index contributed by atoms with van der Waals surface area (Å²) in [7, 11) is 0. The maximum atomic E-state index is 13.6. The lowest BCUT2D eigenvalue weighted by atomic mass is 10.2. The summed E-state index contributed by atoms with van der Waals surface area (Å²) < 4.78 is 15.3. The zero-order valence-electron chi connectivity index (χ0n) is 10.1. The fourth-order valence-corrected chi connectivity index (χ4v) is 2.06. The van der Waals surface area contributed by atoms with E-state index in [0.29, 0.717) is 12.1 Å². The summed E-state index contributed by atoms with van der Waals surface area (Å²) in [5, 5.41) is 5.54. The van der Waals surface area contributed by atoms with Gasteiger partial charge in [0.25, 0.3) is 0 Å². The maximum absolute atomic E-state index is 13.6. The van der Waals surface area contributed by atoms with E-state index >= 15 is 0 Å². The molecule has 0 N–H and O–H groups in total. The predicted octanol–water partition coefficient (Wildman–Crippen LogP) is 3.53. The van der Waals surface area contributed by atoms with Crippen molar-refractivity contribution in [3.05, 3.63) is 65.6 Å². The van der Waals surface area contributed by atoms with E-state index < -0.39 is 0 Å². The Morgan fingerprint density at radius 1 is 1.17 bits per heavy atom. The molecule has 3 aromatic rings. The van der Waals surface area contributed by atoms with E-state index in [9.17, 15) is 4.39 Å². The van der Waals surface area contributed by atoms with Gasteiger partial charge in [-0.2, -0.15) is 5.10 Å². The normalized spacial score (nSPS) is 11.0. The van der Waals surface area contributed by atoms with Crippen molar-refractivity contribution in [3.8, 4) is 0 Å². The molecule has 2 aromatic carbocycles. The molecule has 0 aliphatic rings. The predicted molar refractivity (Wildman–Crippen MR) is 70.0 cm³/mol. The standard InChI is InChI=1S/C15H13FN2/c1-11-6-7-13-10-18(17-15(13)8-11)9-12-4-2-3-5-14(12)16/h2-8,10H,9H2,1H3. The number of aryl methyl sites for hydroxylation is 1. The van der Waals surface area contributed by atoms with Crippen LogP contribution in [0.15, 0.2) is 48.7 Å². The summed E-state index contributed by atoms with van der Waals surface area (Å²) in [4.78, 5) is 0. The molecule has 0 radical (unpaired) electrons. The van der Waals surface area contributed by atoms with Crippen LogP contribution in [0.3, 0.4) is 0 Å². The van der Waals surface area contributed by atoms with E-state index in [1.807, 2.05) is 31.3 Å². The van der Waals surface area contributed by atoms with Crippen LogP contribution in [0.2, 0.25) is 0 Å². The minimum absolute atomic E-state index is 0.187. The molecule has 0 aliphatic carbocycles. The molecule has 1 aromatic heterocycles. The van der Waals surface area contributed by atoms with Crippen molar-refractivity contribution in [2.75, 3.05) is 0 Å². The molecule has 0 unspecified atom stereocenters. The van der Waals surface area contributed by atoms with Crippen LogP contribution in [0.1, 0.15) is 11.1 Å². The zero-order chi connectivity index (χ0) is 12.5. The lowest BCUT2D eigenvalue weighted by molar-refractivity contribution is 0.587. The lowest BCUT2D eigenvalue weighted by Gasteiger charge is -2.02. The number of hydrogen-bond donors (Lipinski definition) is 0. The topological polar surface area (TPSA) is 17.8 Å². The lowest BCUT2D eigenvalue weighted by Crippen LogP contribution is -2.01. The number of aromatic nitrogens is 2. The van der Waals surface area contributed by atoms with Gasteiger partial charge in [0.2, 0.25) is 0 Å². The molecule has 3 heteroatoms. The van der Waals surface area contributed by atoms with E-state index in [4.69, 9.17) is 0 Å². The van der Waals surface area contributed by atoms with Gasteiger partial charge in [0.15, 0.2) is 0 Å². The third-order valence-electron chi connectivity index (χ3n) is 3.00. The van der Waals surface area contributed by atoms with Gasteiger partial charge in [-0.25, -0.2) is 4.39 Å². The molecule has 0 saturated heterocycles. The van der Waals surface area contributed by atoms with Gasteiger partial charge in [0.1, 0.15) is 5.82 Å². The van der Waals surface area contributed by atoms with Gasteiger partial charge in [-0.15, -0.1) is 0 Å². The van der Waals surface area contributed by atoms with E-state index in [1.165, 1.54) is 11.6 Å². The molecule has 2 nitrogen and oxygen atoms in total. The summed E-state index contributed by atoms with van der Waals surface area (Å²) in [6.07, 6.45) is 1.95. The van der Waals surface area contributed by atoms with Gasteiger partial charge in [0.05, 0.1) is 12.1 Å². The monoisotopic (exact) mass is 240 g/mol. The Hall–Kier alpha value is -2.16. The van der Waals surface area contributed by atoms with Crippen LogP contribution in [0.5, 0.6) is 0 Å². The Morgan fingerprint density at radius 2 is 2.00 bits per heavy atom. The molecule has 1 heterocycles. The summed E-state index contributed by atoms with van der Waals surface area (Å²) in [5.74, 6) is -0.187. The van der Waals surface area contributed by atoms with Crippen molar-refractivity contribution in [1.29, 1.82) is 0 Å². The molecular formula is C15H13FN2. The quantitative estimate of drug-likeness (QED) is 0.670. The molecule has 90 valence electrons. The van der Waals surface area contributed by atoms with Crippen molar-refractivity contribution in [2.24, 2.45) is 0 Å². The average Bonchev–Trinajstić information content (AvgIpc) is 2.73. The van der Waals surface area contributed by atoms with Crippen LogP contribution in [0.25, 0.3) is 10.9 Å². The number of hydrogen-bond acceptors (Lipinski definition) is 1. The van der Waals surface area contributed by atoms with Crippen molar-refractivity contribution in [3.63, 3.8) is 0 Å². The van der Waals surface area contributed by atoms with Crippen molar-refractivity contribution in [2.45, 2.75) is 13.5 Å². The first-order valence-electron chi connectivity index (χ1n) is 5.89. The largest absolute Gasteiger partial charge is 0.267 e. The van der Waals surface area contributed by atoms with E-state index in [2.05, 4.69) is 11.2 Å². The Bertz CT molecular complexity index is 701. The van der Waals surface area contributed by atoms with Gasteiger partial charge < -0.3 is 0 Å². The van der Waals surface area contributed by atoms with Crippen LogP contribution in [-0.4, -0.2) is 9.78 Å². The zero-order valence-corrected chi connectivity index (χ0v) is 10.1. The maximum Gasteiger partial charge on any atom is 0.128 e. The molecule has 3 rings (SSSR count). The first-order chi connectivity index (χ1) is 8.72. The van der Waals surface area contributed by atoms with Crippen molar-refractivity contribution >= 4 is 10.9 Å². The van der Waals surface area contributed by atoms with Crippen LogP contribution < -0.4 is 0 Å². The molecular weight excluding hydrogens is 227 g/mol. The summed E-state index contributed by atoms with van der Waals surface area (Å²) in [6, 6.07) is 12.9. The Balaban J connectivity index is 1.98. The molecule has 0 saturated carbocycles. The number of rotatable bonds is 2. The SMILES string of the molecule is Cc1ccc2cn(Cc3ccccc3F)nc2c1. The van der Waals surface area contributed by atoms with Gasteiger partial charge in [-0.05, 0) is 24.6 Å². The summed E-state index contributed by atoms with van der Waals surface area (Å²) in [5.41, 5.74) is 2.78. The van der Waals surface area contributed by atoms with Crippen LogP contribution in [-0.2, 0) is 6.54 Å². The number of benzene rings is 2. The highest BCUT2D eigenvalue weighted by Crippen LogP contribution is 2.15. The minimum atomic E-state index is -0.187. The van der Waals surface area contributed by atoms with Gasteiger partial charge in [0, 0.05) is 17.1 Å². The minimum Gasteiger partial charge on any atom is -0.267 e. The van der Waals surface area contributed by atoms with Crippen LogP contribution in [0, 0.1) is 12.7 Å². The van der Waals surface area contributed by atoms with Crippen LogP contribution in [0.4, 0.5) is 4.39 Å². The third-order valence-corrected chi connectivity index (χ3v) is 3.00. The summed E-state index contributed by atoms with van der Waals surface area (Å²) >= 11 is 0. The van der Waals surface area contributed by atoms with Crippen molar-refractivity contribution in [1.82, 2.24) is 9.78 Å². The number of fused-ring (bicyclic) bond motifs is 1. The molecule has 0 spiro atoms. The van der Waals surface area contributed by atoms with E-state index in [-0.39, 0.29) is 5.82 Å². The molecule has 0 bridgehead atoms. The Morgan fingerprint density at radius 3 is 2.83 bits per heavy atom. The second-order valence-electron chi connectivity index (χ2n) is 4.48. The summed E-state index contributed by atoms with van der Waals surface area (Å²) in [6.45, 7) is 2.50. The first kappa shape index (κ1) is 11.0. The van der Waals surface area contributed by atoms with Crippen molar-refractivity contribution < 1.29 is 4.39 Å². The molecule has 0 amide bonds. The first-order valence-corrected chi connectivity index (χ1v) is 5.89. The van der Waals surface area contributed by atoms with Gasteiger partial charge in [-0.1, -0.05) is 30.3 Å². The second-order valence-corrected chi connectivity index (χ2v) is 4.48. The highest BCUT2D eigenvalue weighted by molar-refractivity contribution is 5.78. The van der Waals surface area contributed by atoms with Gasteiger partial charge >= 0.3 is 0 Å². The Labute approximate surface area is 105 Å². The van der Waals surface area contributed by atoms with E-state index in [0.717, 1.165) is 10.9 Å². The molecule has 0 fully saturated rings. The highest BCUT2D eigenvalue weighted by atomic mass is 19.1. The van der Waals surface area contributed by atoms with Gasteiger partial charge in [-0.3, -0.25) is 4.68 Å². The highest BCUT2D eigenvalue weighted by Gasteiger charge is 2.04. The Kier molecular flexibility index (Phi) is 2.59. The fourth-order valence-electron chi connectivity index (χ4n) is 2.06. The smallest absolute Gasteiger partial charge is 0.128 e. The fraction of sp³-hybridized carbons (Fsp3) is 0.133. The molecule has 0 aliphatic heterocycles. The number of halogens is 1. The van der Waals surface area contributed by atoms with Crippen LogP contribution >= 0.6 is 0 Å². The average molecular weight is 240 g/mol. The third kappa shape index (κ3) is 1.99.